The molecule has 1 aliphatic heterocycles. The van der Waals surface area contributed by atoms with Crippen molar-refractivity contribution in [1.82, 2.24) is 9.80 Å². The SMILES string of the molecule is Cc1ccc(C(O)=C2C(=O)C(=O)N(CCN(C)C)C2c2ccc(OCC(N)=O)cc2)cc1. The molecule has 2 aromatic carbocycles. The Bertz CT molecular complexity index is 1040. The Labute approximate surface area is 186 Å². The summed E-state index contributed by atoms with van der Waals surface area (Å²) in [6.45, 7) is 2.53. The number of amides is 2. The summed E-state index contributed by atoms with van der Waals surface area (Å²) in [7, 11) is 3.76. The number of hydrogen-bond donors (Lipinski definition) is 2. The molecule has 1 aliphatic rings. The Kier molecular flexibility index (Phi) is 6.95. The molecule has 32 heavy (non-hydrogen) atoms. The average Bonchev–Trinajstić information content (AvgIpc) is 3.01. The number of hydrogen-bond acceptors (Lipinski definition) is 6. The number of carbonyl (C=O) groups is 3. The van der Waals surface area contributed by atoms with Gasteiger partial charge in [-0.2, -0.15) is 0 Å². The van der Waals surface area contributed by atoms with Crippen molar-refractivity contribution >= 4 is 23.4 Å². The van der Waals surface area contributed by atoms with Gasteiger partial charge in [0.15, 0.2) is 6.61 Å². The van der Waals surface area contributed by atoms with Crippen LogP contribution in [0.2, 0.25) is 0 Å². The van der Waals surface area contributed by atoms with E-state index in [9.17, 15) is 19.5 Å². The molecule has 0 spiro atoms. The first-order valence-corrected chi connectivity index (χ1v) is 10.2. The highest BCUT2D eigenvalue weighted by Gasteiger charge is 2.45. The number of nitrogens with two attached hydrogens (primary N) is 1. The lowest BCUT2D eigenvalue weighted by atomic mass is 9.95. The Balaban J connectivity index is 2.05. The first kappa shape index (κ1) is 23.0. The van der Waals surface area contributed by atoms with Crippen LogP contribution in [0.4, 0.5) is 0 Å². The summed E-state index contributed by atoms with van der Waals surface area (Å²) in [6, 6.07) is 13.0. The Hall–Kier alpha value is -3.65. The van der Waals surface area contributed by atoms with Crippen LogP contribution in [0.3, 0.4) is 0 Å². The third-order valence-corrected chi connectivity index (χ3v) is 5.23. The lowest BCUT2D eigenvalue weighted by Crippen LogP contribution is -2.35. The fourth-order valence-corrected chi connectivity index (χ4v) is 3.53. The Morgan fingerprint density at radius 3 is 2.28 bits per heavy atom. The van der Waals surface area contributed by atoms with Crippen LogP contribution in [0.5, 0.6) is 5.75 Å². The van der Waals surface area contributed by atoms with Crippen molar-refractivity contribution in [1.29, 1.82) is 0 Å². The average molecular weight is 437 g/mol. The van der Waals surface area contributed by atoms with E-state index in [1.54, 1.807) is 36.4 Å². The maximum atomic E-state index is 13.0. The maximum absolute atomic E-state index is 13.0. The number of Topliss-reactive ketones (excluding diaryl/α,β-unsaturated/α-hetero) is 1. The van der Waals surface area contributed by atoms with Crippen LogP contribution in [0.1, 0.15) is 22.7 Å². The van der Waals surface area contributed by atoms with Crippen molar-refractivity contribution in [2.24, 2.45) is 5.73 Å². The predicted molar refractivity (Wildman–Crippen MR) is 120 cm³/mol. The van der Waals surface area contributed by atoms with E-state index in [-0.39, 0.29) is 17.9 Å². The summed E-state index contributed by atoms with van der Waals surface area (Å²) in [5.41, 5.74) is 7.27. The van der Waals surface area contributed by atoms with Gasteiger partial charge in [0, 0.05) is 18.7 Å². The zero-order chi connectivity index (χ0) is 23.4. The van der Waals surface area contributed by atoms with Crippen LogP contribution in [-0.2, 0) is 14.4 Å². The third-order valence-electron chi connectivity index (χ3n) is 5.23. The second kappa shape index (κ2) is 9.65. The molecule has 1 atom stereocenters. The summed E-state index contributed by atoms with van der Waals surface area (Å²) in [5.74, 6) is -1.75. The molecule has 0 aromatic heterocycles. The molecule has 1 fully saturated rings. The van der Waals surface area contributed by atoms with E-state index < -0.39 is 23.6 Å². The molecule has 1 heterocycles. The van der Waals surface area contributed by atoms with Crippen LogP contribution in [0, 0.1) is 6.92 Å². The molecular weight excluding hydrogens is 410 g/mol. The Morgan fingerprint density at radius 1 is 1.09 bits per heavy atom. The van der Waals surface area contributed by atoms with E-state index in [0.29, 0.717) is 30.0 Å². The maximum Gasteiger partial charge on any atom is 0.295 e. The second-order valence-corrected chi connectivity index (χ2v) is 7.99. The van der Waals surface area contributed by atoms with Crippen LogP contribution in [0.15, 0.2) is 54.1 Å². The molecule has 0 aliphatic carbocycles. The number of nitrogens with zero attached hydrogens (tertiary/aromatic N) is 2. The highest BCUT2D eigenvalue weighted by atomic mass is 16.5. The number of likely N-dealkylation sites (N-methyl/N-ethyl adjacent to an activating group) is 1. The molecule has 3 N–H and O–H groups in total. The van der Waals surface area contributed by atoms with Gasteiger partial charge in [-0.05, 0) is 38.7 Å². The predicted octanol–water partition coefficient (Wildman–Crippen LogP) is 1.84. The second-order valence-electron chi connectivity index (χ2n) is 7.99. The normalized spacial score (nSPS) is 17.8. The zero-order valence-corrected chi connectivity index (χ0v) is 18.4. The molecule has 2 amide bonds. The van der Waals surface area contributed by atoms with Crippen LogP contribution < -0.4 is 10.5 Å². The van der Waals surface area contributed by atoms with E-state index in [2.05, 4.69) is 0 Å². The van der Waals surface area contributed by atoms with E-state index in [1.807, 2.05) is 38.1 Å². The van der Waals surface area contributed by atoms with Crippen molar-refractivity contribution < 1.29 is 24.2 Å². The fraction of sp³-hybridized carbons (Fsp3) is 0.292. The molecule has 0 bridgehead atoms. The largest absolute Gasteiger partial charge is 0.507 e. The molecule has 1 saturated heterocycles. The standard InChI is InChI=1S/C24H27N3O5/c1-15-4-6-17(7-5-15)22(29)20-21(27(13-12-26(2)3)24(31)23(20)30)16-8-10-18(11-9-16)32-14-19(25)28/h4-11,21,29H,12-14H2,1-3H3,(H2,25,28). The van der Waals surface area contributed by atoms with Crippen LogP contribution in [0.25, 0.3) is 5.76 Å². The van der Waals surface area contributed by atoms with Crippen molar-refractivity contribution in [3.63, 3.8) is 0 Å². The van der Waals surface area contributed by atoms with E-state index in [1.165, 1.54) is 4.90 Å². The topological polar surface area (TPSA) is 113 Å². The number of carbonyl (C=O) groups excluding carboxylic acids is 3. The van der Waals surface area contributed by atoms with Crippen molar-refractivity contribution in [3.05, 3.63) is 70.8 Å². The molecule has 168 valence electrons. The summed E-state index contributed by atoms with van der Waals surface area (Å²) < 4.78 is 5.30. The number of aryl methyl sites for hydroxylation is 1. The molecule has 3 rings (SSSR count). The molecule has 2 aromatic rings. The van der Waals surface area contributed by atoms with Gasteiger partial charge in [-0.1, -0.05) is 42.0 Å². The van der Waals surface area contributed by atoms with Gasteiger partial charge in [0.05, 0.1) is 11.6 Å². The first-order valence-electron chi connectivity index (χ1n) is 10.2. The molecule has 8 nitrogen and oxygen atoms in total. The summed E-state index contributed by atoms with van der Waals surface area (Å²) >= 11 is 0. The minimum Gasteiger partial charge on any atom is -0.507 e. The van der Waals surface area contributed by atoms with Gasteiger partial charge in [0.1, 0.15) is 11.5 Å². The van der Waals surface area contributed by atoms with E-state index >= 15 is 0 Å². The van der Waals surface area contributed by atoms with Crippen molar-refractivity contribution in [3.8, 4) is 5.75 Å². The Morgan fingerprint density at radius 2 is 1.72 bits per heavy atom. The van der Waals surface area contributed by atoms with E-state index in [4.69, 9.17) is 10.5 Å². The zero-order valence-electron chi connectivity index (χ0n) is 18.4. The first-order chi connectivity index (χ1) is 15.2. The number of benzene rings is 2. The number of rotatable bonds is 8. The molecular formula is C24H27N3O5. The minimum atomic E-state index is -0.749. The fourth-order valence-electron chi connectivity index (χ4n) is 3.53. The highest BCUT2D eigenvalue weighted by molar-refractivity contribution is 6.46. The van der Waals surface area contributed by atoms with Gasteiger partial charge in [-0.15, -0.1) is 0 Å². The molecule has 0 saturated carbocycles. The van der Waals surface area contributed by atoms with Gasteiger partial charge < -0.3 is 25.4 Å². The molecule has 8 heteroatoms. The number of likely N-dealkylation sites (tertiary alicyclic amines) is 1. The quantitative estimate of drug-likeness (QED) is 0.370. The lowest BCUT2D eigenvalue weighted by Gasteiger charge is -2.26. The summed E-state index contributed by atoms with van der Waals surface area (Å²) in [5, 5.41) is 11.0. The molecule has 1 unspecified atom stereocenters. The number of ketones is 1. The molecule has 0 radical (unpaired) electrons. The number of aliphatic hydroxyl groups is 1. The van der Waals surface area contributed by atoms with Crippen molar-refractivity contribution in [2.45, 2.75) is 13.0 Å². The van der Waals surface area contributed by atoms with Gasteiger partial charge in [-0.25, -0.2) is 0 Å². The minimum absolute atomic E-state index is 0.0448. The van der Waals surface area contributed by atoms with Crippen LogP contribution >= 0.6 is 0 Å². The van der Waals surface area contributed by atoms with Gasteiger partial charge in [0.2, 0.25) is 0 Å². The van der Waals surface area contributed by atoms with Crippen molar-refractivity contribution in [2.75, 3.05) is 33.8 Å². The van der Waals surface area contributed by atoms with Gasteiger partial charge in [-0.3, -0.25) is 14.4 Å². The number of primary amides is 1. The number of aliphatic hydroxyl groups excluding tert-OH is 1. The van der Waals surface area contributed by atoms with E-state index in [0.717, 1.165) is 5.56 Å². The lowest BCUT2D eigenvalue weighted by molar-refractivity contribution is -0.140. The monoisotopic (exact) mass is 437 g/mol. The van der Waals surface area contributed by atoms with Crippen LogP contribution in [-0.4, -0.2) is 66.3 Å². The van der Waals surface area contributed by atoms with Gasteiger partial charge >= 0.3 is 0 Å². The summed E-state index contributed by atoms with van der Waals surface area (Å²) in [6.07, 6.45) is 0. The third kappa shape index (κ3) is 4.97. The number of ether oxygens (including phenoxy) is 1. The highest BCUT2D eigenvalue weighted by Crippen LogP contribution is 2.39. The summed E-state index contributed by atoms with van der Waals surface area (Å²) in [4.78, 5) is 40.2. The smallest absolute Gasteiger partial charge is 0.295 e. The van der Waals surface area contributed by atoms with Gasteiger partial charge in [0.25, 0.3) is 17.6 Å².